The van der Waals surface area contributed by atoms with E-state index in [2.05, 4.69) is 29.3 Å². The molecule has 1 aliphatic heterocycles. The Balaban J connectivity index is 2.10. The van der Waals surface area contributed by atoms with Gasteiger partial charge in [-0.25, -0.2) is 0 Å². The molecule has 0 aromatic heterocycles. The Kier molecular flexibility index (Phi) is 5.60. The van der Waals surface area contributed by atoms with Crippen molar-refractivity contribution in [1.82, 2.24) is 10.2 Å². The van der Waals surface area contributed by atoms with Crippen molar-refractivity contribution in [2.45, 2.75) is 44.6 Å². The first-order valence-corrected chi connectivity index (χ1v) is 7.77. The molecule has 1 amide bonds. The lowest BCUT2D eigenvalue weighted by molar-refractivity contribution is -0.134. The molecule has 1 heterocycles. The van der Waals surface area contributed by atoms with Crippen LogP contribution in [0.3, 0.4) is 0 Å². The second-order valence-electron chi connectivity index (χ2n) is 5.66. The van der Waals surface area contributed by atoms with Gasteiger partial charge in [0, 0.05) is 19.1 Å². The zero-order valence-corrected chi connectivity index (χ0v) is 12.6. The highest BCUT2D eigenvalue weighted by molar-refractivity contribution is 5.83. The third-order valence-corrected chi connectivity index (χ3v) is 4.22. The van der Waals surface area contributed by atoms with Crippen LogP contribution in [-0.2, 0) is 4.79 Å². The first kappa shape index (κ1) is 15.0. The van der Waals surface area contributed by atoms with Crippen molar-refractivity contribution < 1.29 is 4.79 Å². The number of amides is 1. The quantitative estimate of drug-likeness (QED) is 0.895. The summed E-state index contributed by atoms with van der Waals surface area (Å²) in [4.78, 5) is 14.9. The van der Waals surface area contributed by atoms with Gasteiger partial charge in [-0.15, -0.1) is 0 Å². The van der Waals surface area contributed by atoms with E-state index in [0.717, 1.165) is 37.9 Å². The molecule has 1 aromatic carbocycles. The van der Waals surface area contributed by atoms with Crippen LogP contribution in [0.15, 0.2) is 30.3 Å². The number of carbonyl (C=O) groups is 1. The molecule has 110 valence electrons. The number of benzene rings is 1. The van der Waals surface area contributed by atoms with Crippen LogP contribution in [-0.4, -0.2) is 37.0 Å². The Hall–Kier alpha value is -1.35. The van der Waals surface area contributed by atoms with Crippen LogP contribution in [0.25, 0.3) is 0 Å². The van der Waals surface area contributed by atoms with E-state index in [9.17, 15) is 4.79 Å². The number of rotatable bonds is 5. The fourth-order valence-corrected chi connectivity index (χ4v) is 3.04. The average molecular weight is 274 g/mol. The zero-order valence-electron chi connectivity index (χ0n) is 12.6. The summed E-state index contributed by atoms with van der Waals surface area (Å²) in [7, 11) is 1.99. The van der Waals surface area contributed by atoms with Crippen LogP contribution in [0, 0.1) is 0 Å². The Labute approximate surface area is 122 Å². The molecule has 2 atom stereocenters. The van der Waals surface area contributed by atoms with Gasteiger partial charge in [0.2, 0.25) is 5.91 Å². The van der Waals surface area contributed by atoms with Gasteiger partial charge >= 0.3 is 0 Å². The number of nitrogens with one attached hydrogen (secondary N) is 1. The molecule has 0 spiro atoms. The van der Waals surface area contributed by atoms with Crippen molar-refractivity contribution in [3.8, 4) is 0 Å². The van der Waals surface area contributed by atoms with E-state index in [4.69, 9.17) is 0 Å². The van der Waals surface area contributed by atoms with Gasteiger partial charge < -0.3 is 10.2 Å². The van der Waals surface area contributed by atoms with Crippen molar-refractivity contribution in [2.24, 2.45) is 0 Å². The number of likely N-dealkylation sites (tertiary alicyclic amines) is 1. The smallest absolute Gasteiger partial charge is 0.230 e. The number of carbonyl (C=O) groups excluding carboxylic acids is 1. The lowest BCUT2D eigenvalue weighted by Crippen LogP contribution is -2.48. The zero-order chi connectivity index (χ0) is 14.4. The van der Waals surface area contributed by atoms with E-state index >= 15 is 0 Å². The Bertz CT molecular complexity index is 418. The molecule has 1 aromatic rings. The summed E-state index contributed by atoms with van der Waals surface area (Å²) < 4.78 is 0. The van der Waals surface area contributed by atoms with E-state index in [1.54, 1.807) is 0 Å². The number of hydrogen-bond acceptors (Lipinski definition) is 2. The third-order valence-electron chi connectivity index (χ3n) is 4.22. The first-order chi connectivity index (χ1) is 9.76. The van der Waals surface area contributed by atoms with E-state index in [1.807, 2.05) is 25.2 Å². The van der Waals surface area contributed by atoms with Crippen LogP contribution < -0.4 is 5.32 Å². The van der Waals surface area contributed by atoms with Gasteiger partial charge in [0.15, 0.2) is 0 Å². The molecule has 3 nitrogen and oxygen atoms in total. The van der Waals surface area contributed by atoms with E-state index in [1.165, 1.54) is 6.42 Å². The van der Waals surface area contributed by atoms with Crippen LogP contribution in [0.5, 0.6) is 0 Å². The Morgan fingerprint density at radius 1 is 1.40 bits per heavy atom. The minimum atomic E-state index is 0.0248. The van der Waals surface area contributed by atoms with Gasteiger partial charge in [-0.3, -0.25) is 4.79 Å². The van der Waals surface area contributed by atoms with Crippen molar-refractivity contribution in [3.05, 3.63) is 35.9 Å². The minimum absolute atomic E-state index is 0.0248. The molecular formula is C17H26N2O. The molecule has 1 N–H and O–H groups in total. The van der Waals surface area contributed by atoms with Crippen molar-refractivity contribution >= 4 is 5.91 Å². The number of hydrogen-bond donors (Lipinski definition) is 1. The molecule has 0 radical (unpaired) electrons. The molecule has 2 rings (SSSR count). The summed E-state index contributed by atoms with van der Waals surface area (Å²) >= 11 is 0. The standard InChI is InChI=1S/C17H26N2O/c1-3-8-16(14-9-5-4-6-10-14)17(20)19-12-7-11-15(13-19)18-2/h4-6,9-10,15-16,18H,3,7-8,11-13H2,1-2H3. The lowest BCUT2D eigenvalue weighted by atomic mass is 9.92. The molecule has 0 bridgehead atoms. The Morgan fingerprint density at radius 2 is 2.15 bits per heavy atom. The Morgan fingerprint density at radius 3 is 2.80 bits per heavy atom. The second-order valence-corrected chi connectivity index (χ2v) is 5.66. The van der Waals surface area contributed by atoms with Crippen LogP contribution in [0.2, 0.25) is 0 Å². The SMILES string of the molecule is CCCC(C(=O)N1CCCC(NC)C1)c1ccccc1. The maximum atomic E-state index is 12.8. The molecule has 20 heavy (non-hydrogen) atoms. The van der Waals surface area contributed by atoms with Crippen LogP contribution in [0.4, 0.5) is 0 Å². The number of nitrogens with zero attached hydrogens (tertiary/aromatic N) is 1. The molecule has 2 unspecified atom stereocenters. The van der Waals surface area contributed by atoms with E-state index in [0.29, 0.717) is 11.9 Å². The average Bonchev–Trinajstić information content (AvgIpc) is 2.53. The third kappa shape index (κ3) is 3.60. The summed E-state index contributed by atoms with van der Waals surface area (Å²) in [6.07, 6.45) is 4.24. The van der Waals surface area contributed by atoms with Gasteiger partial charge in [-0.2, -0.15) is 0 Å². The minimum Gasteiger partial charge on any atom is -0.341 e. The normalized spacial score (nSPS) is 20.7. The fraction of sp³-hybridized carbons (Fsp3) is 0.588. The predicted octanol–water partition coefficient (Wildman–Crippen LogP) is 2.78. The number of piperidine rings is 1. The summed E-state index contributed by atoms with van der Waals surface area (Å²) in [6.45, 7) is 3.91. The maximum absolute atomic E-state index is 12.8. The fourth-order valence-electron chi connectivity index (χ4n) is 3.04. The van der Waals surface area contributed by atoms with Gasteiger partial charge in [-0.1, -0.05) is 43.7 Å². The van der Waals surface area contributed by atoms with Gasteiger partial charge in [0.1, 0.15) is 0 Å². The maximum Gasteiger partial charge on any atom is 0.230 e. The largest absolute Gasteiger partial charge is 0.341 e. The highest BCUT2D eigenvalue weighted by atomic mass is 16.2. The molecule has 3 heteroatoms. The molecule has 1 aliphatic rings. The summed E-state index contributed by atoms with van der Waals surface area (Å²) in [5.41, 5.74) is 1.16. The summed E-state index contributed by atoms with van der Waals surface area (Å²) in [5.74, 6) is 0.329. The predicted molar refractivity (Wildman–Crippen MR) is 82.8 cm³/mol. The lowest BCUT2D eigenvalue weighted by Gasteiger charge is -2.35. The van der Waals surface area contributed by atoms with Gasteiger partial charge in [0.05, 0.1) is 5.92 Å². The highest BCUT2D eigenvalue weighted by Crippen LogP contribution is 2.25. The molecule has 1 saturated heterocycles. The van der Waals surface area contributed by atoms with Crippen LogP contribution >= 0.6 is 0 Å². The van der Waals surface area contributed by atoms with Crippen LogP contribution in [0.1, 0.15) is 44.1 Å². The second kappa shape index (κ2) is 7.44. The molecule has 1 fully saturated rings. The molecule has 0 saturated carbocycles. The number of likely N-dealkylation sites (N-methyl/N-ethyl adjacent to an activating group) is 1. The first-order valence-electron chi connectivity index (χ1n) is 7.77. The summed E-state index contributed by atoms with van der Waals surface area (Å²) in [6, 6.07) is 10.7. The molecule has 0 aliphatic carbocycles. The van der Waals surface area contributed by atoms with Crippen molar-refractivity contribution in [1.29, 1.82) is 0 Å². The monoisotopic (exact) mass is 274 g/mol. The van der Waals surface area contributed by atoms with E-state index in [-0.39, 0.29) is 5.92 Å². The molecular weight excluding hydrogens is 248 g/mol. The van der Waals surface area contributed by atoms with Gasteiger partial charge in [-0.05, 0) is 31.9 Å². The highest BCUT2D eigenvalue weighted by Gasteiger charge is 2.28. The topological polar surface area (TPSA) is 32.3 Å². The van der Waals surface area contributed by atoms with Crippen molar-refractivity contribution in [3.63, 3.8) is 0 Å². The van der Waals surface area contributed by atoms with Gasteiger partial charge in [0.25, 0.3) is 0 Å². The summed E-state index contributed by atoms with van der Waals surface area (Å²) in [5, 5.41) is 3.31. The van der Waals surface area contributed by atoms with E-state index < -0.39 is 0 Å². The van der Waals surface area contributed by atoms with Crippen molar-refractivity contribution in [2.75, 3.05) is 20.1 Å².